The summed E-state index contributed by atoms with van der Waals surface area (Å²) in [6.07, 6.45) is 2.88. The van der Waals surface area contributed by atoms with Gasteiger partial charge in [-0.05, 0) is 36.8 Å². The second-order valence-corrected chi connectivity index (χ2v) is 3.94. The molecule has 0 saturated heterocycles. The molecule has 15 heavy (non-hydrogen) atoms. The molecule has 2 rings (SSSR count). The molecule has 0 radical (unpaired) electrons. The zero-order chi connectivity index (χ0) is 10.7. The Morgan fingerprint density at radius 3 is 2.73 bits per heavy atom. The normalized spacial score (nSPS) is 19.5. The fraction of sp³-hybridized carbons (Fsp3) is 0.273. The van der Waals surface area contributed by atoms with Crippen LogP contribution in [-0.2, 0) is 0 Å². The van der Waals surface area contributed by atoms with Gasteiger partial charge >= 0.3 is 0 Å². The van der Waals surface area contributed by atoms with Crippen molar-refractivity contribution in [1.29, 1.82) is 0 Å². The minimum absolute atomic E-state index is 0.278. The van der Waals surface area contributed by atoms with Crippen LogP contribution in [0.15, 0.2) is 36.2 Å². The number of nitrogens with one attached hydrogen (secondary N) is 1. The lowest BCUT2D eigenvalue weighted by Gasteiger charge is -2.13. The molecular weight excluding hydrogens is 212 g/mol. The van der Waals surface area contributed by atoms with E-state index in [1.54, 1.807) is 0 Å². The first-order valence-corrected chi connectivity index (χ1v) is 5.22. The summed E-state index contributed by atoms with van der Waals surface area (Å²) in [4.78, 5) is 0. The van der Waals surface area contributed by atoms with E-state index in [4.69, 9.17) is 22.1 Å². The molecule has 1 aromatic rings. The van der Waals surface area contributed by atoms with Gasteiger partial charge in [0.1, 0.15) is 12.4 Å². The number of benzene rings is 1. The summed E-state index contributed by atoms with van der Waals surface area (Å²) in [6, 6.07) is 7.61. The van der Waals surface area contributed by atoms with Crippen molar-refractivity contribution in [3.8, 4) is 5.75 Å². The van der Waals surface area contributed by atoms with Crippen LogP contribution in [0.3, 0.4) is 0 Å². The van der Waals surface area contributed by atoms with Crippen molar-refractivity contribution >= 4 is 11.6 Å². The Morgan fingerprint density at radius 2 is 2.13 bits per heavy atom. The Labute approximate surface area is 93.9 Å². The van der Waals surface area contributed by atoms with Gasteiger partial charge in [0.2, 0.25) is 0 Å². The predicted octanol–water partition coefficient (Wildman–Crippen LogP) is 1.88. The van der Waals surface area contributed by atoms with E-state index in [0.717, 1.165) is 18.0 Å². The van der Waals surface area contributed by atoms with Crippen molar-refractivity contribution in [3.63, 3.8) is 0 Å². The zero-order valence-electron chi connectivity index (χ0n) is 8.24. The Bertz CT molecular complexity index is 361. The second kappa shape index (κ2) is 4.45. The molecule has 4 heteroatoms. The third-order valence-electron chi connectivity index (χ3n) is 2.26. The lowest BCUT2D eigenvalue weighted by atomic mass is 10.2. The van der Waals surface area contributed by atoms with Crippen LogP contribution in [0.2, 0.25) is 5.02 Å². The van der Waals surface area contributed by atoms with Crippen LogP contribution >= 0.6 is 11.6 Å². The maximum Gasteiger partial charge on any atom is 0.119 e. The average Bonchev–Trinajstić information content (AvgIpc) is 2.64. The Kier molecular flexibility index (Phi) is 3.02. The predicted molar refractivity (Wildman–Crippen MR) is 60.8 cm³/mol. The van der Waals surface area contributed by atoms with E-state index in [9.17, 15) is 0 Å². The molecular formula is C11H13ClN2O. The molecule has 1 unspecified atom stereocenters. The molecule has 3 N–H and O–H groups in total. The van der Waals surface area contributed by atoms with Crippen molar-refractivity contribution in [2.45, 2.75) is 12.5 Å². The van der Waals surface area contributed by atoms with E-state index in [1.807, 2.05) is 30.3 Å². The number of hydrogen-bond donors (Lipinski definition) is 2. The van der Waals surface area contributed by atoms with Gasteiger partial charge in [0.25, 0.3) is 0 Å². The van der Waals surface area contributed by atoms with Crippen molar-refractivity contribution in [2.75, 3.05) is 6.61 Å². The van der Waals surface area contributed by atoms with Crippen LogP contribution in [0.4, 0.5) is 0 Å². The van der Waals surface area contributed by atoms with Gasteiger partial charge in [-0.3, -0.25) is 0 Å². The molecule has 0 saturated carbocycles. The molecule has 1 atom stereocenters. The minimum Gasteiger partial charge on any atom is -0.491 e. The van der Waals surface area contributed by atoms with Crippen molar-refractivity contribution < 1.29 is 4.74 Å². The summed E-state index contributed by atoms with van der Waals surface area (Å²) in [5.74, 6) is 1.56. The summed E-state index contributed by atoms with van der Waals surface area (Å²) in [7, 11) is 0. The van der Waals surface area contributed by atoms with Gasteiger partial charge in [-0.25, -0.2) is 0 Å². The first-order valence-electron chi connectivity index (χ1n) is 4.84. The standard InChI is InChI=1S/C11H13ClN2O/c12-8-1-4-10(5-2-8)15-7-9-3-6-11(13)14-9/h1-2,4-6,9,14H,3,7,13H2. The van der Waals surface area contributed by atoms with E-state index in [-0.39, 0.29) is 6.04 Å². The molecule has 0 bridgehead atoms. The van der Waals surface area contributed by atoms with Crippen LogP contribution < -0.4 is 15.8 Å². The summed E-state index contributed by atoms with van der Waals surface area (Å²) < 4.78 is 5.58. The maximum atomic E-state index is 5.77. The first kappa shape index (κ1) is 10.2. The zero-order valence-corrected chi connectivity index (χ0v) is 9.00. The Morgan fingerprint density at radius 1 is 1.40 bits per heavy atom. The lowest BCUT2D eigenvalue weighted by molar-refractivity contribution is 0.278. The largest absolute Gasteiger partial charge is 0.491 e. The SMILES string of the molecule is NC1=CCC(COc2ccc(Cl)cc2)N1. The van der Waals surface area contributed by atoms with E-state index in [0.29, 0.717) is 11.6 Å². The number of rotatable bonds is 3. The molecule has 0 amide bonds. The third kappa shape index (κ3) is 2.80. The monoisotopic (exact) mass is 224 g/mol. The number of nitrogens with two attached hydrogens (primary N) is 1. The number of halogens is 1. The van der Waals surface area contributed by atoms with Crippen molar-refractivity contribution in [3.05, 3.63) is 41.2 Å². The lowest BCUT2D eigenvalue weighted by Crippen LogP contribution is -2.31. The highest BCUT2D eigenvalue weighted by Crippen LogP contribution is 2.16. The average molecular weight is 225 g/mol. The molecule has 0 aliphatic carbocycles. The topological polar surface area (TPSA) is 47.3 Å². The highest BCUT2D eigenvalue weighted by atomic mass is 35.5. The summed E-state index contributed by atoms with van der Waals surface area (Å²) in [5.41, 5.74) is 5.59. The van der Waals surface area contributed by atoms with E-state index < -0.39 is 0 Å². The highest BCUT2D eigenvalue weighted by Gasteiger charge is 2.13. The van der Waals surface area contributed by atoms with Crippen LogP contribution in [0.1, 0.15) is 6.42 Å². The fourth-order valence-corrected chi connectivity index (χ4v) is 1.59. The number of ether oxygens (including phenoxy) is 1. The van der Waals surface area contributed by atoms with Crippen molar-refractivity contribution in [2.24, 2.45) is 5.73 Å². The molecule has 1 aliphatic heterocycles. The number of hydrogen-bond acceptors (Lipinski definition) is 3. The quantitative estimate of drug-likeness (QED) is 0.824. The molecule has 0 fully saturated rings. The minimum atomic E-state index is 0.278. The second-order valence-electron chi connectivity index (χ2n) is 3.50. The molecule has 1 aliphatic rings. The van der Waals surface area contributed by atoms with Gasteiger partial charge in [0, 0.05) is 5.02 Å². The molecule has 1 heterocycles. The van der Waals surface area contributed by atoms with Crippen LogP contribution in [0, 0.1) is 0 Å². The molecule has 80 valence electrons. The third-order valence-corrected chi connectivity index (χ3v) is 2.51. The molecule has 3 nitrogen and oxygen atoms in total. The summed E-state index contributed by atoms with van der Waals surface area (Å²) >= 11 is 5.77. The van der Waals surface area contributed by atoms with Gasteiger partial charge in [-0.15, -0.1) is 0 Å². The highest BCUT2D eigenvalue weighted by molar-refractivity contribution is 6.30. The first-order chi connectivity index (χ1) is 7.24. The Hall–Kier alpha value is -1.35. The Balaban J connectivity index is 1.81. The smallest absolute Gasteiger partial charge is 0.119 e. The van der Waals surface area contributed by atoms with E-state index in [2.05, 4.69) is 5.32 Å². The fourth-order valence-electron chi connectivity index (χ4n) is 1.46. The van der Waals surface area contributed by atoms with Crippen LogP contribution in [0.5, 0.6) is 5.75 Å². The molecule has 1 aromatic carbocycles. The van der Waals surface area contributed by atoms with Gasteiger partial charge in [0.15, 0.2) is 0 Å². The van der Waals surface area contributed by atoms with E-state index in [1.165, 1.54) is 0 Å². The molecule has 0 spiro atoms. The van der Waals surface area contributed by atoms with Gasteiger partial charge in [-0.2, -0.15) is 0 Å². The van der Waals surface area contributed by atoms with Gasteiger partial charge in [0.05, 0.1) is 11.9 Å². The maximum absolute atomic E-state index is 5.77. The van der Waals surface area contributed by atoms with E-state index >= 15 is 0 Å². The van der Waals surface area contributed by atoms with Gasteiger partial charge < -0.3 is 15.8 Å². The van der Waals surface area contributed by atoms with Gasteiger partial charge in [-0.1, -0.05) is 11.6 Å². The van der Waals surface area contributed by atoms with Crippen LogP contribution in [-0.4, -0.2) is 12.6 Å². The van der Waals surface area contributed by atoms with Crippen LogP contribution in [0.25, 0.3) is 0 Å². The summed E-state index contributed by atoms with van der Waals surface area (Å²) in [6.45, 7) is 0.610. The molecule has 0 aromatic heterocycles. The van der Waals surface area contributed by atoms with Crippen molar-refractivity contribution in [1.82, 2.24) is 5.32 Å². The summed E-state index contributed by atoms with van der Waals surface area (Å²) in [5, 5.41) is 3.84.